The molecule has 3 rings (SSSR count). The number of carbonyl (C=O) groups is 1. The minimum Gasteiger partial charge on any atom is -0.292 e. The molecule has 2 aromatic heterocycles. The van der Waals surface area contributed by atoms with E-state index in [1.807, 2.05) is 25.1 Å². The van der Waals surface area contributed by atoms with Crippen molar-refractivity contribution >= 4 is 38.5 Å². The Balaban J connectivity index is 1.74. The predicted molar refractivity (Wildman–Crippen MR) is 81.2 cm³/mol. The molecule has 0 unspecified atom stereocenters. The lowest BCUT2D eigenvalue weighted by Crippen LogP contribution is -2.19. The van der Waals surface area contributed by atoms with Crippen molar-refractivity contribution in [2.45, 2.75) is 6.92 Å². The highest BCUT2D eigenvalue weighted by Crippen LogP contribution is 2.26. The van der Waals surface area contributed by atoms with Crippen LogP contribution in [0, 0.1) is 6.92 Å². The summed E-state index contributed by atoms with van der Waals surface area (Å²) >= 11 is 1.45. The maximum absolute atomic E-state index is 11.8. The molecule has 100 valence electrons. The average Bonchev–Trinajstić information content (AvgIpc) is 2.80. The summed E-state index contributed by atoms with van der Waals surface area (Å²) in [7, 11) is 0. The molecule has 3 aromatic rings. The molecular weight excluding hydrogens is 272 g/mol. The summed E-state index contributed by atoms with van der Waals surface area (Å²) in [6.07, 6.45) is 1.62. The molecule has 2 heterocycles. The SMILES string of the molecule is Cc1ccc2nc(NC(=O)Nc3ccccn3)sc2c1. The Morgan fingerprint density at radius 2 is 2.10 bits per heavy atom. The number of aryl methyl sites for hydroxylation is 1. The van der Waals surface area contributed by atoms with Gasteiger partial charge in [-0.05, 0) is 36.8 Å². The Labute approximate surface area is 119 Å². The summed E-state index contributed by atoms with van der Waals surface area (Å²) < 4.78 is 1.05. The van der Waals surface area contributed by atoms with Crippen LogP contribution >= 0.6 is 11.3 Å². The minimum absolute atomic E-state index is 0.348. The molecular formula is C14H12N4OS. The summed E-state index contributed by atoms with van der Waals surface area (Å²) in [6.45, 7) is 2.03. The zero-order valence-electron chi connectivity index (χ0n) is 10.8. The lowest BCUT2D eigenvalue weighted by atomic mass is 10.2. The second-order valence-corrected chi connectivity index (χ2v) is 5.31. The summed E-state index contributed by atoms with van der Waals surface area (Å²) in [5.74, 6) is 0.502. The maximum Gasteiger partial charge on any atom is 0.326 e. The number of hydrogen-bond donors (Lipinski definition) is 2. The molecule has 0 atom stereocenters. The summed E-state index contributed by atoms with van der Waals surface area (Å²) in [4.78, 5) is 20.2. The third-order valence-electron chi connectivity index (χ3n) is 2.67. The molecule has 0 bridgehead atoms. The van der Waals surface area contributed by atoms with E-state index in [1.165, 1.54) is 16.9 Å². The van der Waals surface area contributed by atoms with E-state index >= 15 is 0 Å². The van der Waals surface area contributed by atoms with Gasteiger partial charge in [-0.25, -0.2) is 14.8 Å². The normalized spacial score (nSPS) is 10.4. The molecule has 2 amide bonds. The van der Waals surface area contributed by atoms with E-state index in [0.717, 1.165) is 10.2 Å². The molecule has 6 heteroatoms. The molecule has 0 spiro atoms. The van der Waals surface area contributed by atoms with Crippen LogP contribution in [0.3, 0.4) is 0 Å². The van der Waals surface area contributed by atoms with Gasteiger partial charge in [0.2, 0.25) is 0 Å². The Morgan fingerprint density at radius 1 is 1.20 bits per heavy atom. The first-order valence-electron chi connectivity index (χ1n) is 6.07. The second kappa shape index (κ2) is 5.26. The average molecular weight is 284 g/mol. The van der Waals surface area contributed by atoms with Gasteiger partial charge < -0.3 is 0 Å². The number of benzene rings is 1. The molecule has 0 fully saturated rings. The molecule has 0 aliphatic heterocycles. The number of thiazole rings is 1. The molecule has 0 aliphatic carbocycles. The van der Waals surface area contributed by atoms with Crippen molar-refractivity contribution in [3.8, 4) is 0 Å². The van der Waals surface area contributed by atoms with Crippen LogP contribution in [0.1, 0.15) is 5.56 Å². The van der Waals surface area contributed by atoms with Gasteiger partial charge in [0.1, 0.15) is 5.82 Å². The fourth-order valence-electron chi connectivity index (χ4n) is 1.77. The van der Waals surface area contributed by atoms with Crippen LogP contribution in [-0.2, 0) is 0 Å². The maximum atomic E-state index is 11.8. The van der Waals surface area contributed by atoms with Gasteiger partial charge in [0.25, 0.3) is 0 Å². The van der Waals surface area contributed by atoms with E-state index in [4.69, 9.17) is 0 Å². The van der Waals surface area contributed by atoms with Gasteiger partial charge in [0.05, 0.1) is 10.2 Å². The number of hydrogen-bond acceptors (Lipinski definition) is 4. The molecule has 0 saturated carbocycles. The zero-order chi connectivity index (χ0) is 13.9. The topological polar surface area (TPSA) is 66.9 Å². The number of nitrogens with one attached hydrogen (secondary N) is 2. The van der Waals surface area contributed by atoms with E-state index in [0.29, 0.717) is 10.9 Å². The first-order chi connectivity index (χ1) is 9.70. The van der Waals surface area contributed by atoms with Crippen LogP contribution in [-0.4, -0.2) is 16.0 Å². The highest BCUT2D eigenvalue weighted by atomic mass is 32.1. The first-order valence-corrected chi connectivity index (χ1v) is 6.88. The third kappa shape index (κ3) is 2.75. The monoisotopic (exact) mass is 284 g/mol. The Bertz CT molecular complexity index is 754. The third-order valence-corrected chi connectivity index (χ3v) is 3.60. The van der Waals surface area contributed by atoms with E-state index in [-0.39, 0.29) is 6.03 Å². The zero-order valence-corrected chi connectivity index (χ0v) is 11.6. The number of pyridine rings is 1. The quantitative estimate of drug-likeness (QED) is 0.755. The van der Waals surface area contributed by atoms with Gasteiger partial charge in [-0.2, -0.15) is 0 Å². The molecule has 0 aliphatic rings. The van der Waals surface area contributed by atoms with E-state index in [9.17, 15) is 4.79 Å². The Morgan fingerprint density at radius 3 is 2.90 bits per heavy atom. The Kier molecular flexibility index (Phi) is 3.30. The van der Waals surface area contributed by atoms with Crippen LogP contribution in [0.4, 0.5) is 15.7 Å². The molecule has 1 aromatic carbocycles. The summed E-state index contributed by atoms with van der Waals surface area (Å²) in [6, 6.07) is 11.0. The molecule has 5 nitrogen and oxygen atoms in total. The van der Waals surface area contributed by atoms with Crippen molar-refractivity contribution in [1.82, 2.24) is 9.97 Å². The fraction of sp³-hybridized carbons (Fsp3) is 0.0714. The summed E-state index contributed by atoms with van der Waals surface area (Å²) in [5, 5.41) is 5.94. The van der Waals surface area contributed by atoms with Gasteiger partial charge in [0.15, 0.2) is 5.13 Å². The van der Waals surface area contributed by atoms with Crippen LogP contribution < -0.4 is 10.6 Å². The van der Waals surface area contributed by atoms with Crippen molar-refractivity contribution in [2.24, 2.45) is 0 Å². The van der Waals surface area contributed by atoms with Gasteiger partial charge in [-0.1, -0.05) is 23.5 Å². The lowest BCUT2D eigenvalue weighted by Gasteiger charge is -2.03. The Hall–Kier alpha value is -2.47. The van der Waals surface area contributed by atoms with E-state index < -0.39 is 0 Å². The van der Waals surface area contributed by atoms with Crippen LogP contribution in [0.25, 0.3) is 10.2 Å². The van der Waals surface area contributed by atoms with Crippen LogP contribution in [0.5, 0.6) is 0 Å². The molecule has 2 N–H and O–H groups in total. The number of fused-ring (bicyclic) bond motifs is 1. The fourth-order valence-corrected chi connectivity index (χ4v) is 2.73. The number of amides is 2. The number of rotatable bonds is 2. The van der Waals surface area contributed by atoms with Gasteiger partial charge >= 0.3 is 6.03 Å². The van der Waals surface area contributed by atoms with Crippen molar-refractivity contribution in [3.05, 3.63) is 48.2 Å². The summed E-state index contributed by atoms with van der Waals surface area (Å²) in [5.41, 5.74) is 2.05. The lowest BCUT2D eigenvalue weighted by molar-refractivity contribution is 0.262. The predicted octanol–water partition coefficient (Wildman–Crippen LogP) is 3.64. The smallest absolute Gasteiger partial charge is 0.292 e. The van der Waals surface area contributed by atoms with Crippen molar-refractivity contribution < 1.29 is 4.79 Å². The molecule has 0 radical (unpaired) electrons. The van der Waals surface area contributed by atoms with Crippen molar-refractivity contribution in [2.75, 3.05) is 10.6 Å². The number of urea groups is 1. The minimum atomic E-state index is -0.348. The van der Waals surface area contributed by atoms with E-state index in [2.05, 4.69) is 26.7 Å². The van der Waals surface area contributed by atoms with E-state index in [1.54, 1.807) is 18.3 Å². The number of aromatic nitrogens is 2. The number of carbonyl (C=O) groups excluding carboxylic acids is 1. The first kappa shape index (κ1) is 12.6. The molecule has 20 heavy (non-hydrogen) atoms. The van der Waals surface area contributed by atoms with Gasteiger partial charge in [-0.3, -0.25) is 10.6 Å². The van der Waals surface area contributed by atoms with Crippen molar-refractivity contribution in [1.29, 1.82) is 0 Å². The van der Waals surface area contributed by atoms with Crippen molar-refractivity contribution in [3.63, 3.8) is 0 Å². The van der Waals surface area contributed by atoms with Crippen LogP contribution in [0.15, 0.2) is 42.6 Å². The standard InChI is InChI=1S/C14H12N4OS/c1-9-5-6-10-11(8-9)20-14(16-10)18-13(19)17-12-4-2-3-7-15-12/h2-8H,1H3,(H2,15,16,17,18,19). The highest BCUT2D eigenvalue weighted by Gasteiger charge is 2.08. The number of nitrogens with zero attached hydrogens (tertiary/aromatic N) is 2. The van der Waals surface area contributed by atoms with Gasteiger partial charge in [-0.15, -0.1) is 0 Å². The second-order valence-electron chi connectivity index (χ2n) is 4.28. The largest absolute Gasteiger partial charge is 0.326 e. The van der Waals surface area contributed by atoms with Crippen LogP contribution in [0.2, 0.25) is 0 Å². The highest BCUT2D eigenvalue weighted by molar-refractivity contribution is 7.22. The van der Waals surface area contributed by atoms with Gasteiger partial charge in [0, 0.05) is 6.20 Å². The number of anilines is 2. The molecule has 0 saturated heterocycles.